The summed E-state index contributed by atoms with van der Waals surface area (Å²) >= 11 is 19.0. The smallest absolute Gasteiger partial charge is 0.250 e. The van der Waals surface area contributed by atoms with Crippen molar-refractivity contribution < 1.29 is 9.53 Å². The fourth-order valence-corrected chi connectivity index (χ4v) is 6.04. The maximum atomic E-state index is 12.1. The number of pyridine rings is 1. The number of carbonyl (C=O) groups excluding carboxylic acids is 1. The number of amides is 1. The Balaban J connectivity index is 1.63. The largest absolute Gasteiger partial charge is 0.375 e. The fraction of sp³-hybridized carbons (Fsp3) is 0.233. The number of carbonyl (C=O) groups is 1. The molecule has 2 aromatic carbocycles. The third-order valence-electron chi connectivity index (χ3n) is 7.08. The van der Waals surface area contributed by atoms with E-state index in [0.717, 1.165) is 39.6 Å². The summed E-state index contributed by atoms with van der Waals surface area (Å²) in [5, 5.41) is 7.91. The number of benzene rings is 2. The minimum absolute atomic E-state index is 0.0617. The zero-order chi connectivity index (χ0) is 28.6. The first-order valence-electron chi connectivity index (χ1n) is 12.7. The molecular formula is C30H29Cl2N5O2S. The molecule has 2 aromatic heterocycles. The molecule has 3 heterocycles. The van der Waals surface area contributed by atoms with Gasteiger partial charge in [-0.15, -0.1) is 0 Å². The van der Waals surface area contributed by atoms with Crippen LogP contribution in [0.2, 0.25) is 10.0 Å². The predicted octanol–water partition coefficient (Wildman–Crippen LogP) is 6.87. The summed E-state index contributed by atoms with van der Waals surface area (Å²) in [6.07, 6.45) is 1.78. The van der Waals surface area contributed by atoms with Gasteiger partial charge < -0.3 is 24.8 Å². The van der Waals surface area contributed by atoms with Gasteiger partial charge in [0.2, 0.25) is 5.91 Å². The molecule has 1 aliphatic rings. The average Bonchev–Trinajstić information content (AvgIpc) is 3.42. The number of thiocarbonyl (C=S) groups is 1. The zero-order valence-corrected chi connectivity index (χ0v) is 24.9. The molecule has 0 bridgehead atoms. The van der Waals surface area contributed by atoms with E-state index in [2.05, 4.69) is 51.9 Å². The van der Waals surface area contributed by atoms with Gasteiger partial charge in [-0.3, -0.25) is 9.78 Å². The molecular weight excluding hydrogens is 565 g/mol. The molecule has 0 unspecified atom stereocenters. The second-order valence-electron chi connectivity index (χ2n) is 9.73. The van der Waals surface area contributed by atoms with E-state index in [1.54, 1.807) is 12.3 Å². The van der Waals surface area contributed by atoms with Gasteiger partial charge in [0.25, 0.3) is 0 Å². The number of nitrogens with one attached hydrogen (secondary N) is 2. The van der Waals surface area contributed by atoms with Crippen molar-refractivity contribution >= 4 is 57.8 Å². The van der Waals surface area contributed by atoms with Crippen LogP contribution in [-0.4, -0.2) is 34.3 Å². The van der Waals surface area contributed by atoms with Gasteiger partial charge in [-0.25, -0.2) is 0 Å². The molecule has 0 saturated carbocycles. The number of hydrogen-bond donors (Lipinski definition) is 2. The molecule has 2 N–H and O–H groups in total. The van der Waals surface area contributed by atoms with E-state index in [0.29, 0.717) is 20.8 Å². The van der Waals surface area contributed by atoms with E-state index >= 15 is 0 Å². The number of methoxy groups -OCH3 is 1. The maximum absolute atomic E-state index is 12.1. The lowest BCUT2D eigenvalue weighted by atomic mass is 9.96. The molecule has 0 spiro atoms. The van der Waals surface area contributed by atoms with Crippen molar-refractivity contribution in [1.29, 1.82) is 0 Å². The highest BCUT2D eigenvalue weighted by atomic mass is 35.5. The highest BCUT2D eigenvalue weighted by molar-refractivity contribution is 7.80. The molecule has 1 amide bonds. The average molecular weight is 595 g/mol. The Kier molecular flexibility index (Phi) is 8.14. The number of halogens is 2. The topological polar surface area (TPSA) is 71.4 Å². The van der Waals surface area contributed by atoms with E-state index in [1.165, 1.54) is 7.11 Å². The Morgan fingerprint density at radius 1 is 1.10 bits per heavy atom. The molecule has 2 atom stereocenters. The van der Waals surface area contributed by atoms with Crippen molar-refractivity contribution in [3.8, 4) is 5.69 Å². The number of rotatable bonds is 7. The standard InChI is InChI=1S/C30H29Cl2N5O2S/c1-17-8-9-20(31)14-26(17)36-18(2)13-22(19(36)3)29-28(25-7-5-6-12-33-25)35-30(40)37(29)21-10-11-24(23(32)15-21)34-27(38)16-39-4/h5-15,28-29H,16H2,1-4H3,(H,34,38)(H,35,40)/t28-,29-/m0/s1. The Morgan fingerprint density at radius 2 is 1.90 bits per heavy atom. The number of aryl methyl sites for hydroxylation is 2. The predicted molar refractivity (Wildman–Crippen MR) is 165 cm³/mol. The molecule has 0 aliphatic carbocycles. The molecule has 206 valence electrons. The molecule has 10 heteroatoms. The number of aromatic nitrogens is 2. The van der Waals surface area contributed by atoms with Gasteiger partial charge in [-0.05, 0) is 92.6 Å². The Morgan fingerprint density at radius 3 is 2.60 bits per heavy atom. The molecule has 1 aliphatic heterocycles. The van der Waals surface area contributed by atoms with Crippen molar-refractivity contribution in [1.82, 2.24) is 14.9 Å². The molecule has 40 heavy (non-hydrogen) atoms. The van der Waals surface area contributed by atoms with E-state index in [-0.39, 0.29) is 24.6 Å². The maximum Gasteiger partial charge on any atom is 0.250 e. The summed E-state index contributed by atoms with van der Waals surface area (Å²) in [5.41, 5.74) is 7.54. The van der Waals surface area contributed by atoms with Gasteiger partial charge in [-0.1, -0.05) is 35.3 Å². The second kappa shape index (κ2) is 11.6. The van der Waals surface area contributed by atoms with Crippen molar-refractivity contribution in [2.45, 2.75) is 32.9 Å². The van der Waals surface area contributed by atoms with Crippen molar-refractivity contribution in [3.05, 3.63) is 105 Å². The lowest BCUT2D eigenvalue weighted by Crippen LogP contribution is -2.29. The SMILES string of the molecule is COCC(=O)Nc1ccc(N2C(=S)N[C@@H](c3ccccn3)[C@@H]2c2cc(C)n(-c3cc(Cl)ccc3C)c2C)cc1Cl. The Labute approximate surface area is 249 Å². The number of nitrogens with zero attached hydrogens (tertiary/aromatic N) is 3. The third kappa shape index (κ3) is 5.32. The summed E-state index contributed by atoms with van der Waals surface area (Å²) < 4.78 is 7.15. The number of ether oxygens (including phenoxy) is 1. The van der Waals surface area contributed by atoms with Crippen LogP contribution < -0.4 is 15.5 Å². The molecule has 1 fully saturated rings. The lowest BCUT2D eigenvalue weighted by molar-refractivity contribution is -0.119. The van der Waals surface area contributed by atoms with Crippen LogP contribution in [0.5, 0.6) is 0 Å². The molecule has 0 radical (unpaired) electrons. The van der Waals surface area contributed by atoms with Gasteiger partial charge >= 0.3 is 0 Å². The molecule has 7 nitrogen and oxygen atoms in total. The fourth-order valence-electron chi connectivity index (χ4n) is 5.30. The van der Waals surface area contributed by atoms with Crippen LogP contribution in [0.1, 0.15) is 40.3 Å². The van der Waals surface area contributed by atoms with Crippen LogP contribution in [0.15, 0.2) is 66.9 Å². The zero-order valence-electron chi connectivity index (χ0n) is 22.5. The third-order valence-corrected chi connectivity index (χ3v) is 7.94. The Hall–Kier alpha value is -3.43. The van der Waals surface area contributed by atoms with Gasteiger partial charge in [0.05, 0.1) is 28.5 Å². The van der Waals surface area contributed by atoms with E-state index in [4.69, 9.17) is 40.2 Å². The monoisotopic (exact) mass is 593 g/mol. The molecule has 4 aromatic rings. The van der Waals surface area contributed by atoms with Gasteiger partial charge in [-0.2, -0.15) is 0 Å². The van der Waals surface area contributed by atoms with Crippen molar-refractivity contribution in [2.24, 2.45) is 0 Å². The minimum atomic E-state index is -0.285. The minimum Gasteiger partial charge on any atom is -0.375 e. The van der Waals surface area contributed by atoms with Crippen LogP contribution in [0.25, 0.3) is 5.69 Å². The van der Waals surface area contributed by atoms with Crippen molar-refractivity contribution in [3.63, 3.8) is 0 Å². The first-order chi connectivity index (χ1) is 19.2. The normalized spacial score (nSPS) is 16.8. The summed E-state index contributed by atoms with van der Waals surface area (Å²) in [5.74, 6) is -0.285. The van der Waals surface area contributed by atoms with Crippen LogP contribution in [-0.2, 0) is 9.53 Å². The van der Waals surface area contributed by atoms with Crippen LogP contribution >= 0.6 is 35.4 Å². The molecule has 1 saturated heterocycles. The van der Waals surface area contributed by atoms with Gasteiger partial charge in [0.15, 0.2) is 5.11 Å². The van der Waals surface area contributed by atoms with Crippen LogP contribution in [0.4, 0.5) is 11.4 Å². The van der Waals surface area contributed by atoms with Crippen LogP contribution in [0.3, 0.4) is 0 Å². The highest BCUT2D eigenvalue weighted by Gasteiger charge is 2.42. The highest BCUT2D eigenvalue weighted by Crippen LogP contribution is 2.45. The number of hydrogen-bond acceptors (Lipinski definition) is 4. The van der Waals surface area contributed by atoms with Gasteiger partial charge in [0.1, 0.15) is 6.61 Å². The van der Waals surface area contributed by atoms with E-state index in [1.807, 2.05) is 48.5 Å². The lowest BCUT2D eigenvalue weighted by Gasteiger charge is -2.28. The first kappa shape index (κ1) is 28.1. The summed E-state index contributed by atoms with van der Waals surface area (Å²) in [6.45, 7) is 6.22. The number of anilines is 2. The first-order valence-corrected chi connectivity index (χ1v) is 13.9. The van der Waals surface area contributed by atoms with E-state index < -0.39 is 0 Å². The second-order valence-corrected chi connectivity index (χ2v) is 11.0. The summed E-state index contributed by atoms with van der Waals surface area (Å²) in [6, 6.07) is 19.0. The summed E-state index contributed by atoms with van der Waals surface area (Å²) in [7, 11) is 1.47. The van der Waals surface area contributed by atoms with Crippen molar-refractivity contribution in [2.75, 3.05) is 23.9 Å². The summed E-state index contributed by atoms with van der Waals surface area (Å²) in [4.78, 5) is 18.8. The Bertz CT molecular complexity index is 1590. The quantitative estimate of drug-likeness (QED) is 0.228. The van der Waals surface area contributed by atoms with E-state index in [9.17, 15) is 4.79 Å². The molecule has 5 rings (SSSR count). The van der Waals surface area contributed by atoms with Gasteiger partial charge in [0, 0.05) is 41.1 Å². The van der Waals surface area contributed by atoms with Crippen LogP contribution in [0, 0.1) is 20.8 Å².